The summed E-state index contributed by atoms with van der Waals surface area (Å²) in [6.45, 7) is 2.60. The van der Waals surface area contributed by atoms with Crippen molar-refractivity contribution < 1.29 is 9.59 Å². The SMILES string of the molecule is CC(=O)NC(=N)N(C)C(C)=O. The van der Waals surface area contributed by atoms with Gasteiger partial charge >= 0.3 is 0 Å². The quantitative estimate of drug-likeness (QED) is 0.368. The van der Waals surface area contributed by atoms with Crippen LogP contribution in [-0.2, 0) is 9.59 Å². The Labute approximate surface area is 64.9 Å². The Bertz CT molecular complexity index is 200. The average Bonchev–Trinajstić information content (AvgIpc) is 1.84. The van der Waals surface area contributed by atoms with E-state index in [0.29, 0.717) is 0 Å². The maximum Gasteiger partial charge on any atom is 0.225 e. The van der Waals surface area contributed by atoms with Gasteiger partial charge in [0.1, 0.15) is 0 Å². The van der Waals surface area contributed by atoms with E-state index in [0.717, 1.165) is 4.90 Å². The molecule has 0 unspecified atom stereocenters. The lowest BCUT2D eigenvalue weighted by atomic mass is 10.6. The van der Waals surface area contributed by atoms with Gasteiger partial charge in [-0.25, -0.2) is 0 Å². The molecule has 2 amide bonds. The van der Waals surface area contributed by atoms with Crippen molar-refractivity contribution >= 4 is 17.8 Å². The lowest BCUT2D eigenvalue weighted by molar-refractivity contribution is -0.124. The van der Waals surface area contributed by atoms with Gasteiger partial charge in [-0.2, -0.15) is 0 Å². The first-order chi connectivity index (χ1) is 4.95. The Kier molecular flexibility index (Phi) is 3.23. The highest BCUT2D eigenvalue weighted by Crippen LogP contribution is 1.82. The number of nitrogens with zero attached hydrogens (tertiary/aromatic N) is 1. The molecule has 0 aromatic rings. The molecule has 0 aliphatic carbocycles. The van der Waals surface area contributed by atoms with Crippen LogP contribution in [-0.4, -0.2) is 29.7 Å². The van der Waals surface area contributed by atoms with Gasteiger partial charge < -0.3 is 0 Å². The maximum absolute atomic E-state index is 10.6. The largest absolute Gasteiger partial charge is 0.297 e. The summed E-state index contributed by atoms with van der Waals surface area (Å²) in [4.78, 5) is 22.0. The number of carbonyl (C=O) groups excluding carboxylic acids is 2. The number of guanidine groups is 1. The van der Waals surface area contributed by atoms with E-state index in [1.807, 2.05) is 0 Å². The third-order valence-corrected chi connectivity index (χ3v) is 1.10. The van der Waals surface area contributed by atoms with Crippen molar-refractivity contribution in [3.63, 3.8) is 0 Å². The van der Waals surface area contributed by atoms with E-state index in [4.69, 9.17) is 5.41 Å². The van der Waals surface area contributed by atoms with Crippen molar-refractivity contribution in [2.45, 2.75) is 13.8 Å². The summed E-state index contributed by atoms with van der Waals surface area (Å²) < 4.78 is 0. The molecule has 62 valence electrons. The van der Waals surface area contributed by atoms with E-state index in [1.165, 1.54) is 20.9 Å². The molecule has 11 heavy (non-hydrogen) atoms. The lowest BCUT2D eigenvalue weighted by Crippen LogP contribution is -2.42. The summed E-state index contributed by atoms with van der Waals surface area (Å²) in [6.07, 6.45) is 0. The standard InChI is InChI=1S/C6H11N3O2/c1-4(10)8-6(7)9(3)5(2)11/h1-3H3,(H2,7,8,10). The summed E-state index contributed by atoms with van der Waals surface area (Å²) in [5.41, 5.74) is 0. The van der Waals surface area contributed by atoms with Crippen LogP contribution in [0, 0.1) is 5.41 Å². The number of hydrogen-bond acceptors (Lipinski definition) is 3. The molecule has 0 saturated carbocycles. The lowest BCUT2D eigenvalue weighted by Gasteiger charge is -2.14. The van der Waals surface area contributed by atoms with Crippen LogP contribution in [0.1, 0.15) is 13.8 Å². The van der Waals surface area contributed by atoms with Gasteiger partial charge in [0.05, 0.1) is 0 Å². The van der Waals surface area contributed by atoms with Crippen LogP contribution < -0.4 is 5.32 Å². The highest BCUT2D eigenvalue weighted by Gasteiger charge is 2.08. The Morgan fingerprint density at radius 1 is 1.36 bits per heavy atom. The van der Waals surface area contributed by atoms with E-state index < -0.39 is 0 Å². The monoisotopic (exact) mass is 157 g/mol. The third-order valence-electron chi connectivity index (χ3n) is 1.10. The fraction of sp³-hybridized carbons (Fsp3) is 0.500. The smallest absolute Gasteiger partial charge is 0.225 e. The second kappa shape index (κ2) is 3.70. The number of nitrogens with one attached hydrogen (secondary N) is 2. The van der Waals surface area contributed by atoms with Crippen molar-refractivity contribution in [2.24, 2.45) is 0 Å². The topological polar surface area (TPSA) is 73.3 Å². The van der Waals surface area contributed by atoms with E-state index in [1.54, 1.807) is 0 Å². The molecule has 0 atom stereocenters. The van der Waals surface area contributed by atoms with Crippen LogP contribution in [0.15, 0.2) is 0 Å². The second-order valence-electron chi connectivity index (χ2n) is 2.11. The molecule has 0 aliphatic rings. The van der Waals surface area contributed by atoms with Gasteiger partial charge in [-0.05, 0) is 0 Å². The fourth-order valence-corrected chi connectivity index (χ4v) is 0.408. The molecular formula is C6H11N3O2. The Morgan fingerprint density at radius 3 is 2.09 bits per heavy atom. The number of rotatable bonds is 0. The average molecular weight is 157 g/mol. The zero-order valence-corrected chi connectivity index (χ0v) is 6.76. The Morgan fingerprint density at radius 2 is 1.82 bits per heavy atom. The minimum atomic E-state index is -0.358. The van der Waals surface area contributed by atoms with Crippen LogP contribution in [0.2, 0.25) is 0 Å². The summed E-state index contributed by atoms with van der Waals surface area (Å²) in [5, 5.41) is 9.30. The molecule has 0 rings (SSSR count). The van der Waals surface area contributed by atoms with Crippen LogP contribution in [0.5, 0.6) is 0 Å². The van der Waals surface area contributed by atoms with Crippen molar-refractivity contribution in [3.8, 4) is 0 Å². The van der Waals surface area contributed by atoms with E-state index in [9.17, 15) is 9.59 Å². The predicted molar refractivity (Wildman–Crippen MR) is 40.0 cm³/mol. The van der Waals surface area contributed by atoms with Crippen molar-refractivity contribution in [3.05, 3.63) is 0 Å². The van der Waals surface area contributed by atoms with Crippen molar-refractivity contribution in [2.75, 3.05) is 7.05 Å². The highest BCUT2D eigenvalue weighted by atomic mass is 16.2. The third kappa shape index (κ3) is 3.34. The molecule has 0 aliphatic heterocycles. The first-order valence-electron chi connectivity index (χ1n) is 3.05. The van der Waals surface area contributed by atoms with Gasteiger partial charge in [-0.3, -0.25) is 25.2 Å². The van der Waals surface area contributed by atoms with Gasteiger partial charge in [0, 0.05) is 20.9 Å². The molecule has 0 spiro atoms. The second-order valence-corrected chi connectivity index (χ2v) is 2.11. The molecule has 0 aromatic heterocycles. The van der Waals surface area contributed by atoms with Crippen LogP contribution >= 0.6 is 0 Å². The molecule has 5 heteroatoms. The molecule has 0 heterocycles. The number of amides is 2. The highest BCUT2D eigenvalue weighted by molar-refractivity contribution is 6.01. The molecule has 2 N–H and O–H groups in total. The van der Waals surface area contributed by atoms with Gasteiger partial charge in [-0.1, -0.05) is 0 Å². The van der Waals surface area contributed by atoms with Crippen molar-refractivity contribution in [1.29, 1.82) is 5.41 Å². The van der Waals surface area contributed by atoms with Crippen LogP contribution in [0.4, 0.5) is 0 Å². The Balaban J connectivity index is 4.04. The zero-order valence-electron chi connectivity index (χ0n) is 6.76. The van der Waals surface area contributed by atoms with Gasteiger partial charge in [0.2, 0.25) is 17.8 Å². The van der Waals surface area contributed by atoms with Gasteiger partial charge in [0.15, 0.2) is 0 Å². The summed E-state index contributed by atoms with van der Waals surface area (Å²) in [5.74, 6) is -0.850. The normalized spacial score (nSPS) is 8.64. The summed E-state index contributed by atoms with van der Waals surface area (Å²) in [6, 6.07) is 0. The molecule has 0 bridgehead atoms. The summed E-state index contributed by atoms with van der Waals surface area (Å²) in [7, 11) is 1.42. The van der Waals surface area contributed by atoms with Gasteiger partial charge in [0.25, 0.3) is 0 Å². The summed E-state index contributed by atoms with van der Waals surface area (Å²) >= 11 is 0. The molecule has 5 nitrogen and oxygen atoms in total. The first-order valence-corrected chi connectivity index (χ1v) is 3.05. The maximum atomic E-state index is 10.6. The predicted octanol–water partition coefficient (Wildman–Crippen LogP) is -0.464. The van der Waals surface area contributed by atoms with E-state index in [2.05, 4.69) is 5.32 Å². The Hall–Kier alpha value is -1.39. The minimum absolute atomic E-state index is 0.204. The van der Waals surface area contributed by atoms with Gasteiger partial charge in [-0.15, -0.1) is 0 Å². The van der Waals surface area contributed by atoms with Crippen LogP contribution in [0.25, 0.3) is 0 Å². The van der Waals surface area contributed by atoms with Crippen LogP contribution in [0.3, 0.4) is 0 Å². The van der Waals surface area contributed by atoms with E-state index >= 15 is 0 Å². The molecule has 0 fully saturated rings. The molecular weight excluding hydrogens is 146 g/mol. The zero-order chi connectivity index (χ0) is 9.02. The first kappa shape index (κ1) is 9.61. The van der Waals surface area contributed by atoms with Crippen molar-refractivity contribution in [1.82, 2.24) is 10.2 Å². The minimum Gasteiger partial charge on any atom is -0.297 e. The molecule has 0 aromatic carbocycles. The number of hydrogen-bond donors (Lipinski definition) is 2. The fourth-order valence-electron chi connectivity index (χ4n) is 0.408. The number of carbonyl (C=O) groups is 2. The molecule has 0 radical (unpaired) electrons. The molecule has 0 saturated heterocycles. The van der Waals surface area contributed by atoms with E-state index in [-0.39, 0.29) is 17.8 Å².